The molecule has 1 saturated carbocycles. The van der Waals surface area contributed by atoms with Gasteiger partial charge >= 0.3 is 5.97 Å². The van der Waals surface area contributed by atoms with Crippen molar-refractivity contribution < 1.29 is 23.8 Å². The van der Waals surface area contributed by atoms with E-state index >= 15 is 0 Å². The highest BCUT2D eigenvalue weighted by Crippen LogP contribution is 2.64. The minimum atomic E-state index is -0.792. The molecule has 0 bridgehead atoms. The van der Waals surface area contributed by atoms with E-state index in [4.69, 9.17) is 9.47 Å². The van der Waals surface area contributed by atoms with Crippen molar-refractivity contribution in [3.63, 3.8) is 0 Å². The molecule has 6 heteroatoms. The molecule has 39 heavy (non-hydrogen) atoms. The fourth-order valence-corrected chi connectivity index (χ4v) is 6.84. The van der Waals surface area contributed by atoms with Gasteiger partial charge in [-0.1, -0.05) is 57.2 Å². The zero-order chi connectivity index (χ0) is 27.6. The summed E-state index contributed by atoms with van der Waals surface area (Å²) in [5.41, 5.74) is 4.38. The average molecular weight is 528 g/mol. The minimum absolute atomic E-state index is 0.101. The Bertz CT molecular complexity index is 1580. The molecule has 6 rings (SSSR count). The van der Waals surface area contributed by atoms with Gasteiger partial charge in [0, 0.05) is 27.7 Å². The molecule has 2 heterocycles. The molecule has 0 unspecified atom stereocenters. The maximum absolute atomic E-state index is 14.4. The highest BCUT2D eigenvalue weighted by atomic mass is 19.1. The van der Waals surface area contributed by atoms with Gasteiger partial charge in [-0.15, -0.1) is 0 Å². The van der Waals surface area contributed by atoms with Gasteiger partial charge in [0.25, 0.3) is 0 Å². The zero-order valence-corrected chi connectivity index (χ0v) is 22.9. The van der Waals surface area contributed by atoms with Crippen molar-refractivity contribution in [1.29, 1.82) is 0 Å². The van der Waals surface area contributed by atoms with Gasteiger partial charge in [-0.3, -0.25) is 4.79 Å². The molecular formula is C33H34FNO4. The predicted molar refractivity (Wildman–Crippen MR) is 149 cm³/mol. The third-order valence-corrected chi connectivity index (χ3v) is 8.40. The van der Waals surface area contributed by atoms with Crippen LogP contribution in [0.5, 0.6) is 5.75 Å². The first-order valence-corrected chi connectivity index (χ1v) is 13.5. The van der Waals surface area contributed by atoms with E-state index in [1.54, 1.807) is 6.92 Å². The Balaban J connectivity index is 1.59. The van der Waals surface area contributed by atoms with Crippen molar-refractivity contribution in [2.24, 2.45) is 5.41 Å². The second-order valence-corrected chi connectivity index (χ2v) is 12.3. The normalized spacial score (nSPS) is 23.4. The Morgan fingerprint density at radius 1 is 1.05 bits per heavy atom. The number of hydrogen-bond donors (Lipinski definition) is 1. The van der Waals surface area contributed by atoms with E-state index < -0.39 is 11.6 Å². The lowest BCUT2D eigenvalue weighted by Gasteiger charge is -2.57. The summed E-state index contributed by atoms with van der Waals surface area (Å²) in [7, 11) is 0. The summed E-state index contributed by atoms with van der Waals surface area (Å²) in [5.74, 6) is -0.268. The molecule has 4 aromatic rings. The van der Waals surface area contributed by atoms with Crippen LogP contribution in [0.25, 0.3) is 16.6 Å². The van der Waals surface area contributed by atoms with Gasteiger partial charge in [-0.25, -0.2) is 4.39 Å². The molecule has 0 atom stereocenters. The lowest BCUT2D eigenvalue weighted by molar-refractivity contribution is -0.195. The second kappa shape index (κ2) is 8.95. The van der Waals surface area contributed by atoms with Crippen LogP contribution in [0, 0.1) is 18.2 Å². The fourth-order valence-electron chi connectivity index (χ4n) is 6.84. The summed E-state index contributed by atoms with van der Waals surface area (Å²) in [6, 6.07) is 21.4. The fraction of sp³-hybridized carbons (Fsp3) is 0.364. The van der Waals surface area contributed by atoms with Gasteiger partial charge in [0.15, 0.2) is 0 Å². The third-order valence-electron chi connectivity index (χ3n) is 8.40. The summed E-state index contributed by atoms with van der Waals surface area (Å²) in [6.07, 6.45) is 1.33. The van der Waals surface area contributed by atoms with Crippen molar-refractivity contribution in [2.45, 2.75) is 64.6 Å². The van der Waals surface area contributed by atoms with E-state index in [-0.39, 0.29) is 23.1 Å². The van der Waals surface area contributed by atoms with Crippen LogP contribution < -0.4 is 4.74 Å². The molecule has 1 aromatic heterocycles. The number of aromatic nitrogens is 1. The van der Waals surface area contributed by atoms with Crippen LogP contribution in [0.4, 0.5) is 4.39 Å². The van der Waals surface area contributed by atoms with Gasteiger partial charge in [0.05, 0.1) is 24.1 Å². The molecule has 2 aliphatic rings. The summed E-state index contributed by atoms with van der Waals surface area (Å²) in [4.78, 5) is 11.7. The van der Waals surface area contributed by atoms with Crippen molar-refractivity contribution in [3.05, 3.63) is 94.9 Å². The first kappa shape index (κ1) is 25.6. The summed E-state index contributed by atoms with van der Waals surface area (Å²) in [6.45, 7) is 9.08. The minimum Gasteiger partial charge on any atom is -0.488 e. The van der Waals surface area contributed by atoms with E-state index in [0.29, 0.717) is 31.6 Å². The summed E-state index contributed by atoms with van der Waals surface area (Å²) >= 11 is 0. The Labute approximate surface area is 228 Å². The lowest BCUT2D eigenvalue weighted by Crippen LogP contribution is -2.55. The SMILES string of the molecule is Cc1cc(-n2c3c(c4c(OCc5ccccc5)cccc42)C2(CC(C)(CC(=O)O)C2)OCC3(C)C)ccc1F. The summed E-state index contributed by atoms with van der Waals surface area (Å²) < 4.78 is 29.8. The lowest BCUT2D eigenvalue weighted by atomic mass is 9.54. The van der Waals surface area contributed by atoms with Gasteiger partial charge in [0.1, 0.15) is 18.2 Å². The van der Waals surface area contributed by atoms with Crippen molar-refractivity contribution in [3.8, 4) is 11.4 Å². The quantitative estimate of drug-likeness (QED) is 0.283. The van der Waals surface area contributed by atoms with E-state index in [9.17, 15) is 14.3 Å². The summed E-state index contributed by atoms with van der Waals surface area (Å²) in [5, 5.41) is 10.6. The van der Waals surface area contributed by atoms with Crippen LogP contribution in [0.3, 0.4) is 0 Å². The van der Waals surface area contributed by atoms with Crippen LogP contribution in [0.1, 0.15) is 62.4 Å². The smallest absolute Gasteiger partial charge is 0.303 e. The first-order valence-electron chi connectivity index (χ1n) is 13.5. The molecule has 0 radical (unpaired) electrons. The number of carboxylic acids is 1. The van der Waals surface area contributed by atoms with Crippen LogP contribution in [-0.2, 0) is 27.2 Å². The van der Waals surface area contributed by atoms with E-state index in [1.807, 2.05) is 61.5 Å². The van der Waals surface area contributed by atoms with Crippen LogP contribution >= 0.6 is 0 Å². The van der Waals surface area contributed by atoms with Gasteiger partial charge in [-0.2, -0.15) is 0 Å². The maximum atomic E-state index is 14.4. The molecule has 0 saturated heterocycles. The highest BCUT2D eigenvalue weighted by Gasteiger charge is 2.60. The number of fused-ring (bicyclic) bond motifs is 4. The highest BCUT2D eigenvalue weighted by molar-refractivity contribution is 5.94. The Morgan fingerprint density at radius 3 is 2.49 bits per heavy atom. The molecule has 1 fully saturated rings. The van der Waals surface area contributed by atoms with Crippen LogP contribution in [0.2, 0.25) is 0 Å². The van der Waals surface area contributed by atoms with Gasteiger partial charge in [-0.05, 0) is 66.6 Å². The zero-order valence-electron chi connectivity index (χ0n) is 22.9. The third kappa shape index (κ3) is 4.22. The van der Waals surface area contributed by atoms with Crippen LogP contribution in [0.15, 0.2) is 66.7 Å². The van der Waals surface area contributed by atoms with Crippen molar-refractivity contribution >= 4 is 16.9 Å². The Kier molecular flexibility index (Phi) is 5.88. The first-order chi connectivity index (χ1) is 18.5. The number of carboxylic acid groups (broad SMARTS) is 1. The molecule has 202 valence electrons. The van der Waals surface area contributed by atoms with Gasteiger partial charge < -0.3 is 19.1 Å². The van der Waals surface area contributed by atoms with E-state index in [2.05, 4.69) is 24.5 Å². The monoisotopic (exact) mass is 527 g/mol. The number of aryl methyl sites for hydroxylation is 1. The Hall–Kier alpha value is -3.64. The topological polar surface area (TPSA) is 60.7 Å². The van der Waals surface area contributed by atoms with Crippen molar-refractivity contribution in [1.82, 2.24) is 4.57 Å². The van der Waals surface area contributed by atoms with Gasteiger partial charge in [0.2, 0.25) is 0 Å². The molecule has 3 aromatic carbocycles. The number of rotatable bonds is 6. The molecular weight excluding hydrogens is 493 g/mol. The van der Waals surface area contributed by atoms with E-state index in [0.717, 1.165) is 39.2 Å². The molecule has 5 nitrogen and oxygen atoms in total. The predicted octanol–water partition coefficient (Wildman–Crippen LogP) is 7.43. The molecule has 1 spiro atoms. The average Bonchev–Trinajstić information content (AvgIpc) is 3.24. The van der Waals surface area contributed by atoms with Crippen LogP contribution in [-0.4, -0.2) is 22.2 Å². The number of hydrogen-bond acceptors (Lipinski definition) is 3. The van der Waals surface area contributed by atoms with E-state index in [1.165, 1.54) is 6.07 Å². The maximum Gasteiger partial charge on any atom is 0.303 e. The molecule has 0 amide bonds. The number of nitrogens with zero attached hydrogens (tertiary/aromatic N) is 1. The second-order valence-electron chi connectivity index (χ2n) is 12.3. The molecule has 1 N–H and O–H groups in total. The standard InChI is InChI=1S/C33H34FNO4/c1-21-15-23(13-14-24(21)34)35-25-11-8-12-26(38-17-22-9-6-5-7-10-22)28(25)29-30(35)31(2,3)20-39-33(29)18-32(4,19-33)16-27(36)37/h5-15H,16-20H2,1-4H3,(H,36,37). The number of carbonyl (C=O) groups is 1. The number of aliphatic carboxylic acids is 1. The number of halogens is 1. The molecule has 1 aliphatic carbocycles. The van der Waals surface area contributed by atoms with Crippen molar-refractivity contribution in [2.75, 3.05) is 6.61 Å². The largest absolute Gasteiger partial charge is 0.488 e. The molecule has 1 aliphatic heterocycles. The Morgan fingerprint density at radius 2 is 1.79 bits per heavy atom. The number of ether oxygens (including phenoxy) is 2. The number of benzene rings is 3.